The maximum atomic E-state index is 14.9. The third-order valence-electron chi connectivity index (χ3n) is 7.90. The van der Waals surface area contributed by atoms with Gasteiger partial charge in [0.2, 0.25) is 5.91 Å². The van der Waals surface area contributed by atoms with Crippen LogP contribution in [-0.4, -0.2) is 56.3 Å². The summed E-state index contributed by atoms with van der Waals surface area (Å²) in [5.41, 5.74) is -0.193. The average molecular weight is 646 g/mol. The number of amides is 1. The van der Waals surface area contributed by atoms with Crippen LogP contribution in [0.25, 0.3) is 21.3 Å². The molecule has 5 heterocycles. The first-order chi connectivity index (χ1) is 20.5. The van der Waals surface area contributed by atoms with Gasteiger partial charge in [-0.05, 0) is 44.2 Å². The lowest BCUT2D eigenvalue weighted by Crippen LogP contribution is -2.58. The van der Waals surface area contributed by atoms with E-state index in [1.165, 1.54) is 28.5 Å². The van der Waals surface area contributed by atoms with E-state index in [9.17, 15) is 22.8 Å². The van der Waals surface area contributed by atoms with Crippen LogP contribution in [0, 0.1) is 0 Å². The summed E-state index contributed by atoms with van der Waals surface area (Å²) >= 11 is 8.63. The van der Waals surface area contributed by atoms with Crippen molar-refractivity contribution in [1.29, 1.82) is 0 Å². The van der Waals surface area contributed by atoms with E-state index < -0.39 is 17.4 Å². The Balaban J connectivity index is 1.62. The van der Waals surface area contributed by atoms with E-state index in [-0.39, 0.29) is 60.3 Å². The number of hydrogen-bond donors (Lipinski definition) is 0. The fraction of sp³-hybridized carbons (Fsp3) is 0.333. The topological polar surface area (TPSA) is 71.3 Å². The predicted octanol–water partition coefficient (Wildman–Crippen LogP) is 6.69. The van der Waals surface area contributed by atoms with Gasteiger partial charge in [-0.25, -0.2) is 4.79 Å². The van der Waals surface area contributed by atoms with E-state index in [0.29, 0.717) is 26.1 Å². The number of piperazine rings is 1. The quantitative estimate of drug-likeness (QED) is 0.230. The second-order valence-electron chi connectivity index (χ2n) is 10.8. The van der Waals surface area contributed by atoms with Gasteiger partial charge in [-0.15, -0.1) is 23.1 Å². The first-order valence-electron chi connectivity index (χ1n) is 13.6. The van der Waals surface area contributed by atoms with Gasteiger partial charge < -0.3 is 9.80 Å². The van der Waals surface area contributed by atoms with Crippen LogP contribution in [0.3, 0.4) is 0 Å². The number of thioether (sulfide) groups is 1. The molecule has 2 aliphatic rings. The molecule has 224 valence electrons. The largest absolute Gasteiger partial charge is 0.417 e. The molecule has 2 aliphatic heterocycles. The van der Waals surface area contributed by atoms with Crippen molar-refractivity contribution < 1.29 is 18.0 Å². The molecule has 1 fully saturated rings. The highest BCUT2D eigenvalue weighted by molar-refractivity contribution is 7.99. The molecule has 43 heavy (non-hydrogen) atoms. The highest BCUT2D eigenvalue weighted by Gasteiger charge is 2.40. The van der Waals surface area contributed by atoms with E-state index >= 15 is 0 Å². The number of rotatable bonds is 4. The summed E-state index contributed by atoms with van der Waals surface area (Å²) in [6.07, 6.45) is -1.78. The number of carbonyl (C=O) groups excluding carboxylic acids is 1. The fourth-order valence-electron chi connectivity index (χ4n) is 6.15. The zero-order valence-corrected chi connectivity index (χ0v) is 25.7. The summed E-state index contributed by atoms with van der Waals surface area (Å²) in [6.45, 7) is 8.11. The molecule has 0 N–H and O–H groups in total. The second-order valence-corrected chi connectivity index (χ2v) is 13.2. The SMILES string of the molecule is C=CC(=O)N1[C@H](C)CN(c2nc(=O)n3c4c(c(-c5cc(Cl)cs5)c(C(F)(F)F)cc24)SC[C@H](c2ccccn2)C3)C[C@@H]1C. The maximum absolute atomic E-state index is 14.9. The summed E-state index contributed by atoms with van der Waals surface area (Å²) < 4.78 is 46.2. The Labute approximate surface area is 259 Å². The highest BCUT2D eigenvalue weighted by Crippen LogP contribution is 2.50. The maximum Gasteiger partial charge on any atom is 0.417 e. The van der Waals surface area contributed by atoms with Gasteiger partial charge in [0, 0.05) is 81.4 Å². The Bertz CT molecular complexity index is 1780. The standard InChI is InChI=1S/C30H27ClF3N5O2S2/c1-4-24(40)39-16(2)11-37(12-17(39)3)28-20-10-21(30(32,33)34)25(23-9-19(31)15-42-23)27-26(20)38(29(41)36-28)13-18(14-43-27)22-7-5-6-8-35-22/h4-10,15-18H,1,11-14H2,2-3H3/t16-,17+,18-/m1/s1. The third-order valence-corrected chi connectivity index (χ3v) is 10.5. The Hall–Kier alpha value is -3.35. The average Bonchev–Trinajstić information content (AvgIpc) is 3.29. The predicted molar refractivity (Wildman–Crippen MR) is 165 cm³/mol. The summed E-state index contributed by atoms with van der Waals surface area (Å²) in [7, 11) is 0. The number of hydrogen-bond acceptors (Lipinski definition) is 7. The first-order valence-corrected chi connectivity index (χ1v) is 15.9. The molecular weight excluding hydrogens is 619 g/mol. The molecule has 0 bridgehead atoms. The molecule has 0 radical (unpaired) electrons. The van der Waals surface area contributed by atoms with Gasteiger partial charge in [0.25, 0.3) is 0 Å². The molecule has 6 rings (SSSR count). The van der Waals surface area contributed by atoms with Gasteiger partial charge in [0.05, 0.1) is 16.1 Å². The minimum absolute atomic E-state index is 0.0111. The summed E-state index contributed by atoms with van der Waals surface area (Å²) in [6, 6.07) is 7.58. The molecule has 0 unspecified atom stereocenters. The number of carbonyl (C=O) groups is 1. The smallest absolute Gasteiger partial charge is 0.352 e. The molecule has 0 spiro atoms. The van der Waals surface area contributed by atoms with E-state index in [0.717, 1.165) is 23.1 Å². The number of pyridine rings is 1. The van der Waals surface area contributed by atoms with Crippen LogP contribution in [0.15, 0.2) is 64.3 Å². The normalized spacial score (nSPS) is 20.7. The number of benzene rings is 1. The van der Waals surface area contributed by atoms with Crippen LogP contribution < -0.4 is 10.6 Å². The van der Waals surface area contributed by atoms with Gasteiger partial charge in [0.1, 0.15) is 5.82 Å². The van der Waals surface area contributed by atoms with Gasteiger partial charge in [-0.3, -0.25) is 14.3 Å². The highest BCUT2D eigenvalue weighted by atomic mass is 35.5. The van der Waals surface area contributed by atoms with Crippen LogP contribution in [0.2, 0.25) is 5.02 Å². The lowest BCUT2D eigenvalue weighted by atomic mass is 10.00. The minimum atomic E-state index is -4.70. The van der Waals surface area contributed by atoms with Crippen molar-refractivity contribution in [3.05, 3.63) is 81.3 Å². The molecule has 0 saturated carbocycles. The zero-order chi connectivity index (χ0) is 30.6. The molecule has 0 aliphatic carbocycles. The third kappa shape index (κ3) is 5.33. The summed E-state index contributed by atoms with van der Waals surface area (Å²) in [5, 5.41) is 2.18. The van der Waals surface area contributed by atoms with E-state index in [4.69, 9.17) is 11.6 Å². The molecule has 3 atom stereocenters. The lowest BCUT2D eigenvalue weighted by Gasteiger charge is -2.44. The van der Waals surface area contributed by atoms with Crippen molar-refractivity contribution in [3.8, 4) is 10.4 Å². The van der Waals surface area contributed by atoms with E-state index in [2.05, 4.69) is 16.5 Å². The Morgan fingerprint density at radius 3 is 2.51 bits per heavy atom. The van der Waals surface area contributed by atoms with Crippen molar-refractivity contribution in [2.45, 2.75) is 49.5 Å². The van der Waals surface area contributed by atoms with Gasteiger partial charge in [0.15, 0.2) is 0 Å². The number of anilines is 1. The van der Waals surface area contributed by atoms with Crippen molar-refractivity contribution in [3.63, 3.8) is 0 Å². The molecule has 3 aromatic heterocycles. The van der Waals surface area contributed by atoms with Crippen LogP contribution >= 0.6 is 34.7 Å². The monoisotopic (exact) mass is 645 g/mol. The summed E-state index contributed by atoms with van der Waals surface area (Å²) in [5.74, 6) is 0.123. The molecule has 4 aromatic rings. The molecule has 1 amide bonds. The van der Waals surface area contributed by atoms with Crippen LogP contribution in [-0.2, 0) is 17.5 Å². The van der Waals surface area contributed by atoms with E-state index in [1.807, 2.05) is 30.9 Å². The number of alkyl halides is 3. The summed E-state index contributed by atoms with van der Waals surface area (Å²) in [4.78, 5) is 39.5. The Morgan fingerprint density at radius 2 is 1.91 bits per heavy atom. The number of nitrogens with zero attached hydrogens (tertiary/aromatic N) is 5. The van der Waals surface area contributed by atoms with Crippen LogP contribution in [0.5, 0.6) is 0 Å². The minimum Gasteiger partial charge on any atom is -0.352 e. The second kappa shape index (κ2) is 11.3. The number of aromatic nitrogens is 3. The Morgan fingerprint density at radius 1 is 1.16 bits per heavy atom. The molecule has 1 aromatic carbocycles. The number of thiophene rings is 1. The molecule has 7 nitrogen and oxygen atoms in total. The molecule has 1 saturated heterocycles. The van der Waals surface area contributed by atoms with Crippen LogP contribution in [0.4, 0.5) is 19.0 Å². The zero-order valence-electron chi connectivity index (χ0n) is 23.3. The van der Waals surface area contributed by atoms with Crippen molar-refractivity contribution >= 4 is 57.3 Å². The number of halogens is 4. The van der Waals surface area contributed by atoms with Crippen molar-refractivity contribution in [2.75, 3.05) is 23.7 Å². The van der Waals surface area contributed by atoms with E-state index in [1.54, 1.807) is 22.5 Å². The lowest BCUT2D eigenvalue weighted by molar-refractivity contribution is -0.137. The molecule has 13 heteroatoms. The Kier molecular flexibility index (Phi) is 7.80. The fourth-order valence-corrected chi connectivity index (χ4v) is 8.72. The van der Waals surface area contributed by atoms with Crippen molar-refractivity contribution in [1.82, 2.24) is 19.4 Å². The van der Waals surface area contributed by atoms with Gasteiger partial charge in [-0.2, -0.15) is 18.2 Å². The first kappa shape index (κ1) is 29.7. The van der Waals surface area contributed by atoms with Crippen molar-refractivity contribution in [2.24, 2.45) is 0 Å². The van der Waals surface area contributed by atoms with Crippen LogP contribution in [0.1, 0.15) is 31.0 Å². The van der Waals surface area contributed by atoms with Gasteiger partial charge >= 0.3 is 11.9 Å². The van der Waals surface area contributed by atoms with Gasteiger partial charge in [-0.1, -0.05) is 24.2 Å². The molecular formula is C30H27ClF3N5O2S2.